The maximum atomic E-state index is 12.7. The minimum Gasteiger partial charge on any atom is -0.481 e. The van der Waals surface area contributed by atoms with Gasteiger partial charge in [-0.15, -0.1) is 0 Å². The Hall–Kier alpha value is -2.74. The largest absolute Gasteiger partial charge is 0.481 e. The average molecular weight is 655 g/mol. The van der Waals surface area contributed by atoms with Gasteiger partial charge in [-0.05, 0) is 38.0 Å². The van der Waals surface area contributed by atoms with Crippen LogP contribution in [0.1, 0.15) is 91.4 Å². The SMILES string of the molecule is CCC(CC)C(NC(C)=O)C1C(N)CC(C(=O)O)C1OC(=O)NCCCCCCNC(=O)CCCC[C@@H]1SC[C@@H]2NC(=O)N[C@@H]21. The second kappa shape index (κ2) is 18.4. The van der Waals surface area contributed by atoms with Crippen LogP contribution < -0.4 is 32.3 Å². The molecule has 2 heterocycles. The Morgan fingerprint density at radius 2 is 1.71 bits per heavy atom. The van der Waals surface area contributed by atoms with Gasteiger partial charge in [-0.25, -0.2) is 9.59 Å². The molecule has 1 saturated carbocycles. The number of nitrogens with two attached hydrogens (primary N) is 1. The smallest absolute Gasteiger partial charge is 0.407 e. The highest BCUT2D eigenvalue weighted by atomic mass is 32.2. The Labute approximate surface area is 271 Å². The highest BCUT2D eigenvalue weighted by Gasteiger charge is 2.52. The first kappa shape index (κ1) is 36.7. The van der Waals surface area contributed by atoms with Gasteiger partial charge in [0, 0.05) is 55.4 Å². The van der Waals surface area contributed by atoms with Gasteiger partial charge in [-0.1, -0.05) is 46.0 Å². The number of hydrogen-bond acceptors (Lipinski definition) is 8. The fraction of sp³-hybridized carbons (Fsp3) is 0.839. The quantitative estimate of drug-likeness (QED) is 0.0807. The summed E-state index contributed by atoms with van der Waals surface area (Å²) in [5.74, 6) is -1.67. The van der Waals surface area contributed by atoms with Gasteiger partial charge in [-0.2, -0.15) is 11.8 Å². The second-order valence-corrected chi connectivity index (χ2v) is 13.9. The predicted molar refractivity (Wildman–Crippen MR) is 173 cm³/mol. The topological polar surface area (TPSA) is 201 Å². The Morgan fingerprint density at radius 3 is 2.36 bits per heavy atom. The number of carbonyl (C=O) groups is 5. The lowest BCUT2D eigenvalue weighted by Gasteiger charge is -2.36. The molecule has 0 aromatic carbocycles. The van der Waals surface area contributed by atoms with Crippen molar-refractivity contribution in [3.63, 3.8) is 0 Å². The summed E-state index contributed by atoms with van der Waals surface area (Å²) in [7, 11) is 0. The van der Waals surface area contributed by atoms with Gasteiger partial charge in [0.1, 0.15) is 6.10 Å². The Kier molecular flexibility index (Phi) is 15.0. The summed E-state index contributed by atoms with van der Waals surface area (Å²) in [6.45, 7) is 6.44. The van der Waals surface area contributed by atoms with Gasteiger partial charge in [-0.3, -0.25) is 14.4 Å². The van der Waals surface area contributed by atoms with E-state index in [1.54, 1.807) is 0 Å². The molecule has 14 heteroatoms. The van der Waals surface area contributed by atoms with E-state index in [1.807, 2.05) is 25.6 Å². The zero-order chi connectivity index (χ0) is 32.9. The standard InChI is InChI=1S/C31H54N6O7S/c1-4-19(5-2)26(35-18(3)38)25-21(32)16-20(29(40)41)28(25)44-31(43)34-15-11-7-6-10-14-33-24(39)13-9-8-12-23-27-22(17-45-23)36-30(42)37-27/h19-23,25-28H,4-17,32H2,1-3H3,(H,33,39)(H,34,43)(H,35,38)(H,40,41)(H2,36,37,42)/t20?,21?,22-,23-,25?,26?,27-,28?/m0/s1. The van der Waals surface area contributed by atoms with Crippen LogP contribution in [0.15, 0.2) is 0 Å². The fourth-order valence-electron chi connectivity index (χ4n) is 7.08. The van der Waals surface area contributed by atoms with Crippen molar-refractivity contribution in [1.82, 2.24) is 26.6 Å². The lowest BCUT2D eigenvalue weighted by molar-refractivity contribution is -0.145. The van der Waals surface area contributed by atoms with E-state index in [-0.39, 0.29) is 42.3 Å². The summed E-state index contributed by atoms with van der Waals surface area (Å²) in [6, 6.07) is -0.567. The molecule has 3 aliphatic rings. The second-order valence-electron chi connectivity index (χ2n) is 12.7. The molecule has 5 unspecified atom stereocenters. The lowest BCUT2D eigenvalue weighted by Crippen LogP contribution is -2.53. The number of nitrogens with one attached hydrogen (secondary N) is 5. The van der Waals surface area contributed by atoms with Crippen LogP contribution in [-0.2, 0) is 19.1 Å². The first-order valence-corrected chi connectivity index (χ1v) is 17.8. The van der Waals surface area contributed by atoms with Crippen molar-refractivity contribution >= 4 is 41.7 Å². The molecular weight excluding hydrogens is 600 g/mol. The van der Waals surface area contributed by atoms with E-state index in [4.69, 9.17) is 10.5 Å². The molecule has 2 aliphatic heterocycles. The summed E-state index contributed by atoms with van der Waals surface area (Å²) >= 11 is 1.89. The molecule has 0 radical (unpaired) electrons. The van der Waals surface area contributed by atoms with E-state index >= 15 is 0 Å². The molecule has 3 rings (SSSR count). The number of fused-ring (bicyclic) bond motifs is 1. The molecule has 0 spiro atoms. The monoisotopic (exact) mass is 654 g/mol. The summed E-state index contributed by atoms with van der Waals surface area (Å²) in [4.78, 5) is 60.4. The van der Waals surface area contributed by atoms with Gasteiger partial charge >= 0.3 is 18.1 Å². The number of aliphatic carboxylic acids is 1. The van der Waals surface area contributed by atoms with Gasteiger partial charge < -0.3 is 42.2 Å². The van der Waals surface area contributed by atoms with Crippen LogP contribution in [-0.4, -0.2) is 89.4 Å². The van der Waals surface area contributed by atoms with Crippen molar-refractivity contribution in [2.24, 2.45) is 23.5 Å². The molecular formula is C31H54N6O7S. The third-order valence-corrected chi connectivity index (χ3v) is 11.0. The van der Waals surface area contributed by atoms with Crippen molar-refractivity contribution in [3.8, 4) is 0 Å². The van der Waals surface area contributed by atoms with Gasteiger partial charge in [0.25, 0.3) is 0 Å². The molecule has 8 N–H and O–H groups in total. The first-order chi connectivity index (χ1) is 21.5. The van der Waals surface area contributed by atoms with Crippen molar-refractivity contribution in [2.75, 3.05) is 18.8 Å². The number of carbonyl (C=O) groups excluding carboxylic acids is 4. The lowest BCUT2D eigenvalue weighted by atomic mass is 9.80. The number of urea groups is 1. The predicted octanol–water partition coefficient (Wildman–Crippen LogP) is 2.47. The molecule has 5 amide bonds. The molecule has 1 aliphatic carbocycles. The number of carboxylic acids is 1. The van der Waals surface area contributed by atoms with Crippen molar-refractivity contribution in [1.29, 1.82) is 0 Å². The number of thioether (sulfide) groups is 1. The minimum atomic E-state index is -1.07. The van der Waals surface area contributed by atoms with E-state index in [0.717, 1.165) is 63.5 Å². The number of hydrogen-bond donors (Lipinski definition) is 7. The van der Waals surface area contributed by atoms with Crippen LogP contribution in [0.4, 0.5) is 9.59 Å². The van der Waals surface area contributed by atoms with E-state index in [2.05, 4.69) is 26.6 Å². The number of ether oxygens (including phenoxy) is 1. The highest BCUT2D eigenvalue weighted by Crippen LogP contribution is 2.39. The van der Waals surface area contributed by atoms with Gasteiger partial charge in [0.05, 0.1) is 18.0 Å². The number of unbranched alkanes of at least 4 members (excludes halogenated alkanes) is 4. The zero-order valence-corrected chi connectivity index (χ0v) is 27.8. The molecule has 256 valence electrons. The normalized spacial score (nSPS) is 27.8. The third-order valence-electron chi connectivity index (χ3n) is 9.47. The van der Waals surface area contributed by atoms with Crippen molar-refractivity contribution in [2.45, 2.75) is 127 Å². The summed E-state index contributed by atoms with van der Waals surface area (Å²) in [6.07, 6.45) is 6.68. The molecule has 45 heavy (non-hydrogen) atoms. The minimum absolute atomic E-state index is 0.0572. The Morgan fingerprint density at radius 1 is 1.02 bits per heavy atom. The first-order valence-electron chi connectivity index (χ1n) is 16.7. The molecule has 3 fully saturated rings. The molecule has 8 atom stereocenters. The van der Waals surface area contributed by atoms with E-state index < -0.39 is 42.1 Å². The number of amides is 5. The molecule has 2 saturated heterocycles. The number of rotatable bonds is 19. The van der Waals surface area contributed by atoms with Crippen LogP contribution in [0.3, 0.4) is 0 Å². The molecule has 0 aromatic rings. The highest BCUT2D eigenvalue weighted by molar-refractivity contribution is 8.00. The van der Waals surface area contributed by atoms with Crippen LogP contribution >= 0.6 is 11.8 Å². The summed E-state index contributed by atoms with van der Waals surface area (Å²) in [5, 5.41) is 24.9. The molecule has 0 aromatic heterocycles. The van der Waals surface area contributed by atoms with Crippen LogP contribution in [0.2, 0.25) is 0 Å². The Bertz CT molecular complexity index is 1010. The van der Waals surface area contributed by atoms with E-state index in [0.29, 0.717) is 24.8 Å². The maximum absolute atomic E-state index is 12.7. The number of alkyl carbamates (subject to hydrolysis) is 1. The maximum Gasteiger partial charge on any atom is 0.407 e. The van der Waals surface area contributed by atoms with E-state index in [9.17, 15) is 29.1 Å². The third kappa shape index (κ3) is 10.9. The zero-order valence-electron chi connectivity index (χ0n) is 27.0. The summed E-state index contributed by atoms with van der Waals surface area (Å²) < 4.78 is 5.70. The summed E-state index contributed by atoms with van der Waals surface area (Å²) in [5.41, 5.74) is 6.40. The average Bonchev–Trinajstić information content (AvgIpc) is 3.64. The van der Waals surface area contributed by atoms with Crippen LogP contribution in [0.5, 0.6) is 0 Å². The van der Waals surface area contributed by atoms with Crippen LogP contribution in [0, 0.1) is 17.8 Å². The molecule has 13 nitrogen and oxygen atoms in total. The molecule has 0 bridgehead atoms. The Balaban J connectivity index is 1.28. The number of carboxylic acid groups (broad SMARTS) is 1. The fourth-order valence-corrected chi connectivity index (χ4v) is 8.62. The van der Waals surface area contributed by atoms with Crippen molar-refractivity contribution < 1.29 is 33.8 Å². The van der Waals surface area contributed by atoms with Crippen molar-refractivity contribution in [3.05, 3.63) is 0 Å². The van der Waals surface area contributed by atoms with Gasteiger partial charge in [0.2, 0.25) is 11.8 Å². The van der Waals surface area contributed by atoms with E-state index in [1.165, 1.54) is 6.92 Å². The van der Waals surface area contributed by atoms with Crippen LogP contribution in [0.25, 0.3) is 0 Å². The van der Waals surface area contributed by atoms with Gasteiger partial charge in [0.15, 0.2) is 0 Å².